The van der Waals surface area contributed by atoms with E-state index in [-0.39, 0.29) is 11.4 Å². The average Bonchev–Trinajstić information content (AvgIpc) is 2.76. The number of carboxylic acids is 1. The normalized spacial score (nSPS) is 21.4. The van der Waals surface area contributed by atoms with E-state index in [0.717, 1.165) is 24.8 Å². The lowest BCUT2D eigenvalue weighted by Crippen LogP contribution is -2.39. The van der Waals surface area contributed by atoms with Gasteiger partial charge in [-0.1, -0.05) is 50.0 Å². The van der Waals surface area contributed by atoms with Gasteiger partial charge >= 0.3 is 5.97 Å². The topological polar surface area (TPSA) is 72.8 Å². The fourth-order valence-electron chi connectivity index (χ4n) is 4.47. The fraction of sp³-hybridized carbons (Fsp3) is 0.481. The number of allylic oxidation sites excluding steroid dienone is 1. The molecule has 174 valence electrons. The lowest BCUT2D eigenvalue weighted by atomic mass is 9.67. The number of hydrogen-bond acceptors (Lipinski definition) is 4. The van der Waals surface area contributed by atoms with E-state index in [0.29, 0.717) is 29.1 Å². The van der Waals surface area contributed by atoms with Crippen molar-refractivity contribution in [2.75, 3.05) is 13.7 Å². The highest BCUT2D eigenvalue weighted by atomic mass is 16.5. The van der Waals surface area contributed by atoms with Crippen LogP contribution in [0.1, 0.15) is 70.7 Å². The second kappa shape index (κ2) is 11.3. The third kappa shape index (κ3) is 5.39. The Morgan fingerprint density at radius 3 is 2.44 bits per heavy atom. The van der Waals surface area contributed by atoms with E-state index in [1.165, 1.54) is 6.42 Å². The highest BCUT2D eigenvalue weighted by molar-refractivity contribution is 6.06. The van der Waals surface area contributed by atoms with Crippen LogP contribution < -0.4 is 4.74 Å². The Hall–Kier alpha value is -2.66. The first-order valence-electron chi connectivity index (χ1n) is 11.3. The molecule has 5 nitrogen and oxygen atoms in total. The van der Waals surface area contributed by atoms with Gasteiger partial charge in [0.05, 0.1) is 23.8 Å². The SMILES string of the molecule is CCCCCCOc1ccccc1C(=O)C=CC1(C)C(C)=C(C)C(C(=O)O)=C(C)C1OC. The number of hydrogen-bond donors (Lipinski definition) is 1. The quantitative estimate of drug-likeness (QED) is 0.253. The van der Waals surface area contributed by atoms with E-state index >= 15 is 0 Å². The number of para-hydroxylation sites is 1. The van der Waals surface area contributed by atoms with Gasteiger partial charge in [-0.05, 0) is 63.5 Å². The predicted molar refractivity (Wildman–Crippen MR) is 127 cm³/mol. The van der Waals surface area contributed by atoms with Crippen molar-refractivity contribution in [2.45, 2.75) is 66.4 Å². The molecular formula is C27H36O5. The second-order valence-electron chi connectivity index (χ2n) is 8.61. The Morgan fingerprint density at radius 2 is 1.81 bits per heavy atom. The van der Waals surface area contributed by atoms with Gasteiger partial charge in [-0.25, -0.2) is 4.79 Å². The van der Waals surface area contributed by atoms with Gasteiger partial charge in [0.15, 0.2) is 5.78 Å². The number of carbonyl (C=O) groups is 2. The molecule has 0 aromatic heterocycles. The number of ketones is 1. The van der Waals surface area contributed by atoms with Crippen LogP contribution in [0, 0.1) is 5.41 Å². The van der Waals surface area contributed by atoms with Crippen LogP contribution in [0.5, 0.6) is 5.75 Å². The predicted octanol–water partition coefficient (Wildman–Crippen LogP) is 6.16. The van der Waals surface area contributed by atoms with Crippen molar-refractivity contribution >= 4 is 11.8 Å². The molecule has 0 bridgehead atoms. The molecule has 1 aliphatic carbocycles. The summed E-state index contributed by atoms with van der Waals surface area (Å²) in [7, 11) is 1.57. The molecule has 0 heterocycles. The Balaban J connectivity index is 2.29. The first kappa shape index (κ1) is 25.6. The average molecular weight is 441 g/mol. The summed E-state index contributed by atoms with van der Waals surface area (Å²) >= 11 is 0. The number of carbonyl (C=O) groups excluding carboxylic acids is 1. The number of aliphatic carboxylic acids is 1. The Kier molecular flexibility index (Phi) is 9.02. The third-order valence-corrected chi connectivity index (χ3v) is 6.52. The second-order valence-corrected chi connectivity index (χ2v) is 8.61. The van der Waals surface area contributed by atoms with E-state index in [2.05, 4.69) is 6.92 Å². The van der Waals surface area contributed by atoms with Crippen LogP contribution in [0.3, 0.4) is 0 Å². The Bertz CT molecular complexity index is 937. The summed E-state index contributed by atoms with van der Waals surface area (Å²) in [6.45, 7) is 10.2. The fourth-order valence-corrected chi connectivity index (χ4v) is 4.47. The molecule has 0 saturated carbocycles. The number of ether oxygens (including phenoxy) is 2. The number of carboxylic acid groups (broad SMARTS) is 1. The van der Waals surface area contributed by atoms with E-state index < -0.39 is 17.5 Å². The van der Waals surface area contributed by atoms with Crippen LogP contribution in [0.25, 0.3) is 0 Å². The minimum Gasteiger partial charge on any atom is -0.493 e. The molecule has 0 aliphatic heterocycles. The summed E-state index contributed by atoms with van der Waals surface area (Å²) < 4.78 is 11.6. The lowest BCUT2D eigenvalue weighted by Gasteiger charge is -2.41. The van der Waals surface area contributed by atoms with Crippen LogP contribution in [0.2, 0.25) is 0 Å². The molecule has 0 radical (unpaired) electrons. The summed E-state index contributed by atoms with van der Waals surface area (Å²) in [5.41, 5.74) is 2.39. The van der Waals surface area contributed by atoms with Gasteiger partial charge < -0.3 is 14.6 Å². The summed E-state index contributed by atoms with van der Waals surface area (Å²) in [4.78, 5) is 24.9. The Labute approximate surface area is 191 Å². The summed E-state index contributed by atoms with van der Waals surface area (Å²) in [5.74, 6) is -0.529. The minimum atomic E-state index is -0.964. The van der Waals surface area contributed by atoms with Crippen LogP contribution in [-0.2, 0) is 9.53 Å². The third-order valence-electron chi connectivity index (χ3n) is 6.52. The van der Waals surface area contributed by atoms with Gasteiger partial charge in [0.1, 0.15) is 5.75 Å². The van der Waals surface area contributed by atoms with Gasteiger partial charge in [0.25, 0.3) is 0 Å². The molecule has 0 saturated heterocycles. The zero-order chi connectivity index (χ0) is 23.9. The zero-order valence-corrected chi connectivity index (χ0v) is 20.2. The molecule has 2 atom stereocenters. The van der Waals surface area contributed by atoms with Crippen molar-refractivity contribution in [3.8, 4) is 5.75 Å². The molecule has 5 heteroatoms. The highest BCUT2D eigenvalue weighted by Gasteiger charge is 2.42. The lowest BCUT2D eigenvalue weighted by molar-refractivity contribution is -0.132. The van der Waals surface area contributed by atoms with Gasteiger partial charge in [-0.2, -0.15) is 0 Å². The van der Waals surface area contributed by atoms with Crippen molar-refractivity contribution in [1.29, 1.82) is 0 Å². The molecule has 0 spiro atoms. The number of rotatable bonds is 11. The van der Waals surface area contributed by atoms with E-state index in [4.69, 9.17) is 9.47 Å². The number of benzene rings is 1. The van der Waals surface area contributed by atoms with Crippen molar-refractivity contribution in [2.24, 2.45) is 5.41 Å². The largest absolute Gasteiger partial charge is 0.493 e. The number of unbranched alkanes of at least 4 members (excludes halogenated alkanes) is 3. The van der Waals surface area contributed by atoms with Gasteiger partial charge in [0, 0.05) is 12.5 Å². The molecule has 1 aliphatic rings. The van der Waals surface area contributed by atoms with Crippen LogP contribution in [0.15, 0.2) is 58.7 Å². The summed E-state index contributed by atoms with van der Waals surface area (Å²) in [6, 6.07) is 7.28. The smallest absolute Gasteiger partial charge is 0.335 e. The van der Waals surface area contributed by atoms with Crippen LogP contribution in [-0.4, -0.2) is 36.7 Å². The zero-order valence-electron chi connectivity index (χ0n) is 20.2. The van der Waals surface area contributed by atoms with Gasteiger partial charge in [0.2, 0.25) is 0 Å². The minimum absolute atomic E-state index is 0.152. The maximum Gasteiger partial charge on any atom is 0.335 e. The van der Waals surface area contributed by atoms with E-state index in [1.54, 1.807) is 26.2 Å². The molecule has 1 aromatic carbocycles. The van der Waals surface area contributed by atoms with E-state index in [9.17, 15) is 14.7 Å². The maximum absolute atomic E-state index is 13.1. The molecule has 1 aromatic rings. The molecule has 2 rings (SSSR count). The summed E-state index contributed by atoms with van der Waals surface area (Å²) in [5, 5.41) is 9.66. The van der Waals surface area contributed by atoms with Gasteiger partial charge in [-0.15, -0.1) is 0 Å². The van der Waals surface area contributed by atoms with E-state index in [1.807, 2.05) is 45.0 Å². The standard InChI is InChI=1S/C27H36O5/c1-7-8-9-12-17-32-23-14-11-10-13-21(23)22(28)15-16-27(5)20(4)18(2)24(26(29)30)19(3)25(27)31-6/h10-11,13-16,25H,7-9,12,17H2,1-6H3,(H,29,30). The first-order chi connectivity index (χ1) is 15.2. The first-order valence-corrected chi connectivity index (χ1v) is 11.3. The van der Waals surface area contributed by atoms with Gasteiger partial charge in [-0.3, -0.25) is 4.79 Å². The van der Waals surface area contributed by atoms with Crippen LogP contribution >= 0.6 is 0 Å². The molecule has 0 fully saturated rings. The Morgan fingerprint density at radius 1 is 1.12 bits per heavy atom. The highest BCUT2D eigenvalue weighted by Crippen LogP contribution is 2.45. The summed E-state index contributed by atoms with van der Waals surface area (Å²) in [6.07, 6.45) is 7.32. The molecule has 0 amide bonds. The molecule has 2 unspecified atom stereocenters. The monoisotopic (exact) mass is 440 g/mol. The van der Waals surface area contributed by atoms with Crippen molar-refractivity contribution in [3.63, 3.8) is 0 Å². The molecule has 32 heavy (non-hydrogen) atoms. The maximum atomic E-state index is 13.1. The van der Waals surface area contributed by atoms with Crippen molar-refractivity contribution in [3.05, 3.63) is 64.3 Å². The number of methoxy groups -OCH3 is 1. The molecule has 1 N–H and O–H groups in total. The van der Waals surface area contributed by atoms with Crippen molar-refractivity contribution in [1.82, 2.24) is 0 Å². The van der Waals surface area contributed by atoms with Crippen LogP contribution in [0.4, 0.5) is 0 Å². The van der Waals surface area contributed by atoms with Crippen molar-refractivity contribution < 1.29 is 24.2 Å². The molecular weight excluding hydrogens is 404 g/mol.